The van der Waals surface area contributed by atoms with Crippen molar-refractivity contribution >= 4 is 11.9 Å². The number of aliphatic hydroxyl groups is 10. The summed E-state index contributed by atoms with van der Waals surface area (Å²) in [4.78, 5) is 26.5. The Labute approximate surface area is 359 Å². The summed E-state index contributed by atoms with van der Waals surface area (Å²) in [7, 11) is 0. The Hall–Kier alpha value is -2.54. The highest BCUT2D eigenvalue weighted by Crippen LogP contribution is 2.50. The molecule has 0 bridgehead atoms. The molecule has 4 aliphatic heterocycles. The Bertz CT molecular complexity index is 1580. The zero-order valence-corrected chi connectivity index (χ0v) is 35.6. The number of fused-ring (bicyclic) bond motifs is 2. The molecule has 4 heterocycles. The molecule has 4 fully saturated rings. The molecule has 20 nitrogen and oxygen atoms in total. The summed E-state index contributed by atoms with van der Waals surface area (Å²) < 4.78 is 45.6. The van der Waals surface area contributed by atoms with Crippen molar-refractivity contribution in [1.29, 1.82) is 0 Å². The predicted octanol–water partition coefficient (Wildman–Crippen LogP) is -1.43. The number of rotatable bonds is 17. The molecule has 0 aromatic carbocycles. The van der Waals surface area contributed by atoms with E-state index in [-0.39, 0.29) is 42.3 Å². The van der Waals surface area contributed by atoms with E-state index in [1.165, 1.54) is 6.26 Å². The highest BCUT2D eigenvalue weighted by atomic mass is 16.8. The van der Waals surface area contributed by atoms with Crippen LogP contribution in [0.15, 0.2) is 23.7 Å². The van der Waals surface area contributed by atoms with Crippen molar-refractivity contribution in [1.82, 2.24) is 0 Å². The Morgan fingerprint density at radius 1 is 0.710 bits per heavy atom. The number of hydrogen-bond donors (Lipinski definition) is 10. The third kappa shape index (κ3) is 10.6. The minimum Gasteiger partial charge on any atom is -0.471 e. The molecule has 2 aliphatic carbocycles. The maximum Gasteiger partial charge on any atom is 0.373 e. The van der Waals surface area contributed by atoms with Crippen molar-refractivity contribution in [3.63, 3.8) is 0 Å². The Kier molecular flexibility index (Phi) is 16.0. The number of allylic oxidation sites excluding steroid dienone is 1. The highest BCUT2D eigenvalue weighted by Gasteiger charge is 2.57. The van der Waals surface area contributed by atoms with E-state index >= 15 is 0 Å². The van der Waals surface area contributed by atoms with Gasteiger partial charge in [-0.15, -0.1) is 0 Å². The van der Waals surface area contributed by atoms with Crippen LogP contribution in [0, 0.1) is 35.5 Å². The van der Waals surface area contributed by atoms with Gasteiger partial charge in [-0.05, 0) is 76.2 Å². The summed E-state index contributed by atoms with van der Waals surface area (Å²) in [6, 6.07) is 0. The van der Waals surface area contributed by atoms with Crippen LogP contribution in [0.2, 0.25) is 0 Å². The van der Waals surface area contributed by atoms with Gasteiger partial charge in [0.1, 0.15) is 48.8 Å². The number of ether oxygens (including phenoxy) is 8. The monoisotopic (exact) mass is 890 g/mol. The van der Waals surface area contributed by atoms with Crippen LogP contribution < -0.4 is 0 Å². The van der Waals surface area contributed by atoms with Gasteiger partial charge in [0.05, 0.1) is 61.3 Å². The molecule has 0 radical (unpaired) electrons. The van der Waals surface area contributed by atoms with E-state index in [9.17, 15) is 60.7 Å². The molecule has 0 amide bonds. The van der Waals surface area contributed by atoms with E-state index in [2.05, 4.69) is 0 Å². The van der Waals surface area contributed by atoms with Crippen LogP contribution in [0.25, 0.3) is 0 Å². The second-order valence-corrected chi connectivity index (χ2v) is 18.5. The SMILES string of the molecule is CC(CCCC(C)COC(=O)C1=CC2CCC(C)(O)C2C(OC2OC(CO)C(O)C(O)C2O)O1)CCOC(=O)C1=COC(OC2OC(CO)C(O)C(O)C2O)C2C1CCC2(C)O. The first-order valence-corrected chi connectivity index (χ1v) is 21.7. The summed E-state index contributed by atoms with van der Waals surface area (Å²) >= 11 is 0. The molecule has 354 valence electrons. The normalized spacial score (nSPS) is 43.8. The number of hydrogen-bond acceptors (Lipinski definition) is 20. The third-order valence-electron chi connectivity index (χ3n) is 13.6. The molecule has 0 spiro atoms. The van der Waals surface area contributed by atoms with Crippen LogP contribution in [-0.2, 0) is 47.5 Å². The molecule has 6 aliphatic rings. The van der Waals surface area contributed by atoms with Crippen molar-refractivity contribution in [3.05, 3.63) is 23.7 Å². The first-order valence-electron chi connectivity index (χ1n) is 21.7. The summed E-state index contributed by atoms with van der Waals surface area (Å²) in [5.41, 5.74) is -2.34. The van der Waals surface area contributed by atoms with Gasteiger partial charge in [-0.3, -0.25) is 0 Å². The second-order valence-electron chi connectivity index (χ2n) is 18.5. The van der Waals surface area contributed by atoms with Crippen molar-refractivity contribution in [2.45, 2.75) is 164 Å². The quantitative estimate of drug-likeness (QED) is 0.0749. The zero-order valence-electron chi connectivity index (χ0n) is 35.6. The van der Waals surface area contributed by atoms with Gasteiger partial charge in [-0.25, -0.2) is 9.59 Å². The molecule has 0 aromatic rings. The lowest BCUT2D eigenvalue weighted by atomic mass is 9.81. The average Bonchev–Trinajstić information content (AvgIpc) is 3.74. The summed E-state index contributed by atoms with van der Waals surface area (Å²) in [6.45, 7) is 6.12. The van der Waals surface area contributed by atoms with Crippen LogP contribution in [0.5, 0.6) is 0 Å². The Morgan fingerprint density at radius 3 is 1.89 bits per heavy atom. The van der Waals surface area contributed by atoms with Gasteiger partial charge < -0.3 is 89.0 Å². The molecule has 20 atom stereocenters. The zero-order chi connectivity index (χ0) is 45.3. The fraction of sp³-hybridized carbons (Fsp3) is 0.857. The van der Waals surface area contributed by atoms with Crippen LogP contribution in [0.4, 0.5) is 0 Å². The molecule has 6 rings (SSSR count). The van der Waals surface area contributed by atoms with Crippen LogP contribution in [-0.4, -0.2) is 175 Å². The van der Waals surface area contributed by atoms with Gasteiger partial charge in [0.15, 0.2) is 12.6 Å². The van der Waals surface area contributed by atoms with E-state index in [0.717, 1.165) is 19.3 Å². The van der Waals surface area contributed by atoms with Gasteiger partial charge in [-0.1, -0.05) is 26.7 Å². The molecule has 62 heavy (non-hydrogen) atoms. The van der Waals surface area contributed by atoms with Crippen molar-refractivity contribution in [2.75, 3.05) is 26.4 Å². The summed E-state index contributed by atoms with van der Waals surface area (Å²) in [5.74, 6) is -3.54. The molecular formula is C42H66O20. The molecule has 0 aromatic heterocycles. The number of carbonyl (C=O) groups excluding carboxylic acids is 2. The van der Waals surface area contributed by atoms with Crippen molar-refractivity contribution in [2.24, 2.45) is 35.5 Å². The second kappa shape index (κ2) is 20.3. The van der Waals surface area contributed by atoms with E-state index < -0.39 is 128 Å². The first kappa shape index (κ1) is 48.9. The summed E-state index contributed by atoms with van der Waals surface area (Å²) in [5, 5.41) is 103. The third-order valence-corrected chi connectivity index (χ3v) is 13.6. The smallest absolute Gasteiger partial charge is 0.373 e. The minimum atomic E-state index is -1.70. The largest absolute Gasteiger partial charge is 0.471 e. The van der Waals surface area contributed by atoms with Gasteiger partial charge >= 0.3 is 11.9 Å². The van der Waals surface area contributed by atoms with Gasteiger partial charge in [0, 0.05) is 5.92 Å². The van der Waals surface area contributed by atoms with Crippen LogP contribution >= 0.6 is 0 Å². The lowest BCUT2D eigenvalue weighted by molar-refractivity contribution is -0.347. The van der Waals surface area contributed by atoms with E-state index in [1.54, 1.807) is 19.9 Å². The van der Waals surface area contributed by atoms with Crippen LogP contribution in [0.1, 0.15) is 79.1 Å². The Balaban J connectivity index is 0.926. The number of carbonyl (C=O) groups is 2. The molecule has 10 N–H and O–H groups in total. The lowest BCUT2D eigenvalue weighted by Gasteiger charge is -2.44. The first-order chi connectivity index (χ1) is 29.3. The fourth-order valence-electron chi connectivity index (χ4n) is 9.69. The molecule has 20 unspecified atom stereocenters. The highest BCUT2D eigenvalue weighted by molar-refractivity contribution is 5.89. The molecular weight excluding hydrogens is 824 g/mol. The van der Waals surface area contributed by atoms with Crippen molar-refractivity contribution in [3.8, 4) is 0 Å². The number of esters is 2. The lowest BCUT2D eigenvalue weighted by Crippen LogP contribution is -2.60. The minimum absolute atomic E-state index is 0.0161. The fourth-order valence-corrected chi connectivity index (χ4v) is 9.69. The maximum absolute atomic E-state index is 13.3. The van der Waals surface area contributed by atoms with Crippen LogP contribution in [0.3, 0.4) is 0 Å². The van der Waals surface area contributed by atoms with E-state index in [0.29, 0.717) is 32.1 Å². The van der Waals surface area contributed by atoms with E-state index in [4.69, 9.17) is 37.9 Å². The predicted molar refractivity (Wildman–Crippen MR) is 208 cm³/mol. The standard InChI is InChI=1S/C42H66O20/c1-19(10-13-55-35(51)23-18-57-37(28-22(23)9-12-42(28,4)54)61-39-33(49)31(47)29(45)25(15-43)59-39)6-5-7-20(2)17-56-36(52)24-14-21-8-11-41(3,53)27(21)38(58-24)62-40-34(50)32(48)30(46)26(16-44)60-40/h14,18-22,25-34,37-40,43-50,53-54H,5-13,15-17H2,1-4H3. The molecule has 2 saturated heterocycles. The van der Waals surface area contributed by atoms with Gasteiger partial charge in [-0.2, -0.15) is 0 Å². The van der Waals surface area contributed by atoms with E-state index in [1.807, 2.05) is 13.8 Å². The topological polar surface area (TPSA) is 310 Å². The average molecular weight is 891 g/mol. The van der Waals surface area contributed by atoms with Gasteiger partial charge in [0.2, 0.25) is 18.3 Å². The summed E-state index contributed by atoms with van der Waals surface area (Å²) in [6.07, 6.45) is -10.4. The maximum atomic E-state index is 13.3. The molecule has 2 saturated carbocycles. The Morgan fingerprint density at radius 2 is 1.27 bits per heavy atom. The van der Waals surface area contributed by atoms with Gasteiger partial charge in [0.25, 0.3) is 0 Å². The number of aliphatic hydroxyl groups excluding tert-OH is 8. The van der Waals surface area contributed by atoms with Crippen molar-refractivity contribution < 1.29 is 98.5 Å². The molecule has 20 heteroatoms.